The molecule has 7 heteroatoms. The normalized spacial score (nSPS) is 16.3. The molecule has 2 aromatic rings. The molecule has 3 rings (SSSR count). The second-order valence-corrected chi connectivity index (χ2v) is 7.82. The SMILES string of the molecule is Cc1cc(N(C)C)nc(SCc2cccc(C(=O)NC[C@H]3CCCO3)c2)n1. The second-order valence-electron chi connectivity index (χ2n) is 6.88. The van der Waals surface area contributed by atoms with E-state index in [1.807, 2.05) is 56.3 Å². The highest BCUT2D eigenvalue weighted by Gasteiger charge is 2.16. The van der Waals surface area contributed by atoms with Crippen LogP contribution in [-0.4, -0.2) is 49.2 Å². The van der Waals surface area contributed by atoms with Gasteiger partial charge in [-0.2, -0.15) is 0 Å². The van der Waals surface area contributed by atoms with Gasteiger partial charge in [-0.25, -0.2) is 9.97 Å². The van der Waals surface area contributed by atoms with Gasteiger partial charge in [0.2, 0.25) is 0 Å². The number of aryl methyl sites for hydroxylation is 1. The first-order chi connectivity index (χ1) is 13.0. The van der Waals surface area contributed by atoms with Gasteiger partial charge < -0.3 is 15.0 Å². The van der Waals surface area contributed by atoms with E-state index in [1.165, 1.54) is 0 Å². The molecule has 1 aromatic heterocycles. The van der Waals surface area contributed by atoms with Crippen LogP contribution in [0.3, 0.4) is 0 Å². The third-order valence-electron chi connectivity index (χ3n) is 4.35. The van der Waals surface area contributed by atoms with Gasteiger partial charge in [0.15, 0.2) is 5.16 Å². The third-order valence-corrected chi connectivity index (χ3v) is 5.27. The number of rotatable bonds is 7. The number of carbonyl (C=O) groups excluding carboxylic acids is 1. The highest BCUT2D eigenvalue weighted by atomic mass is 32.2. The molecule has 144 valence electrons. The molecule has 0 radical (unpaired) electrons. The van der Waals surface area contributed by atoms with Gasteiger partial charge in [0.05, 0.1) is 6.10 Å². The van der Waals surface area contributed by atoms with Crippen molar-refractivity contribution in [1.82, 2.24) is 15.3 Å². The predicted molar refractivity (Wildman–Crippen MR) is 108 cm³/mol. The molecular formula is C20H26N4O2S. The van der Waals surface area contributed by atoms with Crippen LogP contribution in [0.4, 0.5) is 5.82 Å². The summed E-state index contributed by atoms with van der Waals surface area (Å²) in [5.74, 6) is 1.55. The van der Waals surface area contributed by atoms with Crippen LogP contribution in [0.15, 0.2) is 35.5 Å². The molecule has 1 atom stereocenters. The molecule has 0 aliphatic carbocycles. The smallest absolute Gasteiger partial charge is 0.251 e. The quantitative estimate of drug-likeness (QED) is 0.583. The van der Waals surface area contributed by atoms with E-state index in [1.54, 1.807) is 11.8 Å². The Hall–Kier alpha value is -2.12. The van der Waals surface area contributed by atoms with Gasteiger partial charge in [-0.1, -0.05) is 23.9 Å². The van der Waals surface area contributed by atoms with Crippen LogP contribution >= 0.6 is 11.8 Å². The van der Waals surface area contributed by atoms with Crippen LogP contribution in [0.5, 0.6) is 0 Å². The minimum Gasteiger partial charge on any atom is -0.376 e. The Morgan fingerprint density at radius 3 is 2.93 bits per heavy atom. The van der Waals surface area contributed by atoms with Gasteiger partial charge in [0, 0.05) is 50.3 Å². The summed E-state index contributed by atoms with van der Waals surface area (Å²) in [5.41, 5.74) is 2.69. The fourth-order valence-corrected chi connectivity index (χ4v) is 3.72. The summed E-state index contributed by atoms with van der Waals surface area (Å²) < 4.78 is 5.55. The number of aromatic nitrogens is 2. The number of amides is 1. The van der Waals surface area contributed by atoms with Crippen LogP contribution < -0.4 is 10.2 Å². The monoisotopic (exact) mass is 386 g/mol. The zero-order chi connectivity index (χ0) is 19.2. The second kappa shape index (κ2) is 9.19. The van der Waals surface area contributed by atoms with Gasteiger partial charge in [0.1, 0.15) is 5.82 Å². The van der Waals surface area contributed by atoms with Crippen LogP contribution in [0.25, 0.3) is 0 Å². The molecule has 0 saturated carbocycles. The lowest BCUT2D eigenvalue weighted by molar-refractivity contribution is 0.0857. The Bertz CT molecular complexity index is 791. The molecule has 1 aromatic carbocycles. The number of benzene rings is 1. The van der Waals surface area contributed by atoms with E-state index in [0.717, 1.165) is 41.7 Å². The highest BCUT2D eigenvalue weighted by Crippen LogP contribution is 2.22. The predicted octanol–water partition coefficient (Wildman–Crippen LogP) is 3.05. The Morgan fingerprint density at radius 2 is 2.19 bits per heavy atom. The summed E-state index contributed by atoms with van der Waals surface area (Å²) in [4.78, 5) is 23.4. The summed E-state index contributed by atoms with van der Waals surface area (Å²) in [6.45, 7) is 3.34. The van der Waals surface area contributed by atoms with Gasteiger partial charge in [0.25, 0.3) is 5.91 Å². The third kappa shape index (κ3) is 5.68. The molecular weight excluding hydrogens is 360 g/mol. The highest BCUT2D eigenvalue weighted by molar-refractivity contribution is 7.98. The lowest BCUT2D eigenvalue weighted by Gasteiger charge is -2.13. The van der Waals surface area contributed by atoms with Gasteiger partial charge in [-0.05, 0) is 37.5 Å². The van der Waals surface area contributed by atoms with Gasteiger partial charge >= 0.3 is 0 Å². The molecule has 0 spiro atoms. The Morgan fingerprint density at radius 1 is 1.33 bits per heavy atom. The molecule has 0 bridgehead atoms. The van der Waals surface area contributed by atoms with Gasteiger partial charge in [-0.15, -0.1) is 0 Å². The number of ether oxygens (including phenoxy) is 1. The molecule has 1 aliphatic rings. The van der Waals surface area contributed by atoms with Crippen molar-refractivity contribution in [2.24, 2.45) is 0 Å². The topological polar surface area (TPSA) is 67.4 Å². The standard InChI is InChI=1S/C20H26N4O2S/c1-14-10-18(24(2)3)23-20(22-14)27-13-15-6-4-7-16(11-15)19(25)21-12-17-8-5-9-26-17/h4,6-7,10-11,17H,5,8-9,12-13H2,1-3H3,(H,21,25)/t17-/m1/s1. The number of carbonyl (C=O) groups is 1. The van der Waals surface area contributed by atoms with Crippen molar-refractivity contribution in [1.29, 1.82) is 0 Å². The molecule has 1 aliphatic heterocycles. The number of thioether (sulfide) groups is 1. The van der Waals surface area contributed by atoms with Crippen LogP contribution in [0.1, 0.15) is 34.5 Å². The lowest BCUT2D eigenvalue weighted by Crippen LogP contribution is -2.31. The first kappa shape index (κ1) is 19.6. The maximum atomic E-state index is 12.4. The molecule has 27 heavy (non-hydrogen) atoms. The summed E-state index contributed by atoms with van der Waals surface area (Å²) in [6.07, 6.45) is 2.24. The summed E-state index contributed by atoms with van der Waals surface area (Å²) in [6, 6.07) is 9.67. The Balaban J connectivity index is 1.59. The van der Waals surface area contributed by atoms with Crippen LogP contribution in [0.2, 0.25) is 0 Å². The largest absolute Gasteiger partial charge is 0.376 e. The van der Waals surface area contributed by atoms with Crippen molar-refractivity contribution in [3.8, 4) is 0 Å². The van der Waals surface area contributed by atoms with Crippen molar-refractivity contribution in [3.63, 3.8) is 0 Å². The van der Waals surface area contributed by atoms with Crippen LogP contribution in [0, 0.1) is 6.92 Å². The average molecular weight is 387 g/mol. The van der Waals surface area contributed by atoms with E-state index >= 15 is 0 Å². The van der Waals surface area contributed by atoms with E-state index in [4.69, 9.17) is 4.74 Å². The number of anilines is 1. The summed E-state index contributed by atoms with van der Waals surface area (Å²) >= 11 is 1.57. The Kier molecular flexibility index (Phi) is 6.68. The Labute approximate surface area is 164 Å². The molecule has 0 unspecified atom stereocenters. The maximum Gasteiger partial charge on any atom is 0.251 e. The number of hydrogen-bond acceptors (Lipinski definition) is 6. The lowest BCUT2D eigenvalue weighted by atomic mass is 10.1. The zero-order valence-electron chi connectivity index (χ0n) is 16.1. The van der Waals surface area contributed by atoms with Gasteiger partial charge in [-0.3, -0.25) is 4.79 Å². The number of hydrogen-bond donors (Lipinski definition) is 1. The molecule has 1 N–H and O–H groups in total. The maximum absolute atomic E-state index is 12.4. The van der Waals surface area contributed by atoms with Crippen molar-refractivity contribution in [3.05, 3.63) is 47.2 Å². The molecule has 1 amide bonds. The molecule has 6 nitrogen and oxygen atoms in total. The summed E-state index contributed by atoms with van der Waals surface area (Å²) in [7, 11) is 3.93. The molecule has 1 saturated heterocycles. The molecule has 1 fully saturated rings. The minimum absolute atomic E-state index is 0.0564. The van der Waals surface area contributed by atoms with E-state index in [2.05, 4.69) is 15.3 Å². The first-order valence-electron chi connectivity index (χ1n) is 9.16. The fourth-order valence-electron chi connectivity index (χ4n) is 2.88. The minimum atomic E-state index is -0.0564. The van der Waals surface area contributed by atoms with Crippen molar-refractivity contribution >= 4 is 23.5 Å². The van der Waals surface area contributed by atoms with Crippen molar-refractivity contribution in [2.75, 3.05) is 32.1 Å². The molecule has 2 heterocycles. The van der Waals surface area contributed by atoms with E-state index in [9.17, 15) is 4.79 Å². The average Bonchev–Trinajstić information content (AvgIpc) is 3.18. The zero-order valence-corrected chi connectivity index (χ0v) is 16.9. The fraction of sp³-hybridized carbons (Fsp3) is 0.450. The van der Waals surface area contributed by atoms with Crippen molar-refractivity contribution in [2.45, 2.75) is 36.8 Å². The first-order valence-corrected chi connectivity index (χ1v) is 10.1. The van der Waals surface area contributed by atoms with Crippen LogP contribution in [-0.2, 0) is 10.5 Å². The van der Waals surface area contributed by atoms with E-state index in [0.29, 0.717) is 17.9 Å². The number of nitrogens with zero attached hydrogens (tertiary/aromatic N) is 3. The van der Waals surface area contributed by atoms with E-state index in [-0.39, 0.29) is 12.0 Å². The van der Waals surface area contributed by atoms with Crippen molar-refractivity contribution < 1.29 is 9.53 Å². The number of nitrogens with one attached hydrogen (secondary N) is 1. The summed E-state index contributed by atoms with van der Waals surface area (Å²) in [5, 5.41) is 3.71. The van der Waals surface area contributed by atoms with E-state index < -0.39 is 0 Å².